The molecule has 0 saturated carbocycles. The van der Waals surface area contributed by atoms with Crippen molar-refractivity contribution in [2.75, 3.05) is 33.2 Å². The summed E-state index contributed by atoms with van der Waals surface area (Å²) in [6, 6.07) is 1.75. The Hall–Kier alpha value is -1.62. The number of H-pyrrole nitrogens is 1. The van der Waals surface area contributed by atoms with Crippen molar-refractivity contribution in [3.63, 3.8) is 0 Å². The van der Waals surface area contributed by atoms with Crippen LogP contribution in [0.3, 0.4) is 0 Å². The second-order valence-corrected chi connectivity index (χ2v) is 5.45. The van der Waals surface area contributed by atoms with E-state index in [0.717, 1.165) is 50.3 Å². The van der Waals surface area contributed by atoms with Gasteiger partial charge in [0.1, 0.15) is 5.69 Å². The highest BCUT2D eigenvalue weighted by Gasteiger charge is 2.25. The first-order chi connectivity index (χ1) is 9.15. The average Bonchev–Trinajstić information content (AvgIpc) is 2.84. The van der Waals surface area contributed by atoms with E-state index < -0.39 is 0 Å². The van der Waals surface area contributed by atoms with Gasteiger partial charge in [0.2, 0.25) is 0 Å². The summed E-state index contributed by atoms with van der Waals surface area (Å²) in [6.45, 7) is 3.33. The van der Waals surface area contributed by atoms with E-state index in [1.165, 1.54) is 0 Å². The fourth-order valence-corrected chi connectivity index (χ4v) is 2.80. The third-order valence-corrected chi connectivity index (χ3v) is 4.05. The summed E-state index contributed by atoms with van der Waals surface area (Å²) in [4.78, 5) is 31.4. The number of aromatic amines is 1. The molecule has 0 bridgehead atoms. The maximum atomic E-state index is 12.4. The molecular weight excluding hydrogens is 242 g/mol. The number of amides is 1. The molecule has 1 aromatic rings. The molecule has 2 aliphatic rings. The topological polar surface area (TPSA) is 56.4 Å². The minimum atomic E-state index is 0.0234. The van der Waals surface area contributed by atoms with E-state index in [4.69, 9.17) is 0 Å². The first kappa shape index (κ1) is 12.4. The van der Waals surface area contributed by atoms with Gasteiger partial charge in [-0.15, -0.1) is 0 Å². The molecule has 0 radical (unpaired) electrons. The van der Waals surface area contributed by atoms with Crippen LogP contribution in [0.1, 0.15) is 39.4 Å². The number of fused-ring (bicyclic) bond motifs is 1. The van der Waals surface area contributed by atoms with Gasteiger partial charge in [-0.1, -0.05) is 0 Å². The van der Waals surface area contributed by atoms with Crippen LogP contribution in [0.5, 0.6) is 0 Å². The number of piperazine rings is 1. The van der Waals surface area contributed by atoms with Crippen molar-refractivity contribution in [1.82, 2.24) is 14.8 Å². The highest BCUT2D eigenvalue weighted by Crippen LogP contribution is 2.22. The van der Waals surface area contributed by atoms with Gasteiger partial charge in [0.05, 0.1) is 0 Å². The molecule has 5 nitrogen and oxygen atoms in total. The lowest BCUT2D eigenvalue weighted by Crippen LogP contribution is -2.47. The van der Waals surface area contributed by atoms with Gasteiger partial charge in [-0.25, -0.2) is 0 Å². The SMILES string of the molecule is CN1CCN(C(=O)c2cc3c([nH]2)CCCC3=O)CC1. The van der Waals surface area contributed by atoms with Crippen molar-refractivity contribution in [3.05, 3.63) is 23.0 Å². The van der Waals surface area contributed by atoms with Gasteiger partial charge in [0.25, 0.3) is 5.91 Å². The largest absolute Gasteiger partial charge is 0.354 e. The van der Waals surface area contributed by atoms with Crippen LogP contribution in [0.2, 0.25) is 0 Å². The van der Waals surface area contributed by atoms with Crippen molar-refractivity contribution in [3.8, 4) is 0 Å². The summed E-state index contributed by atoms with van der Waals surface area (Å²) in [6.07, 6.45) is 2.36. The number of hydrogen-bond donors (Lipinski definition) is 1. The number of hydrogen-bond acceptors (Lipinski definition) is 3. The number of aromatic nitrogens is 1. The maximum Gasteiger partial charge on any atom is 0.270 e. The number of likely N-dealkylation sites (N-methyl/N-ethyl adjacent to an activating group) is 1. The van der Waals surface area contributed by atoms with Crippen LogP contribution in [0.15, 0.2) is 6.07 Å². The van der Waals surface area contributed by atoms with Crippen LogP contribution in [0.4, 0.5) is 0 Å². The van der Waals surface area contributed by atoms with Crippen LogP contribution < -0.4 is 0 Å². The van der Waals surface area contributed by atoms with Gasteiger partial charge in [0.15, 0.2) is 5.78 Å². The van der Waals surface area contributed by atoms with E-state index in [9.17, 15) is 9.59 Å². The fraction of sp³-hybridized carbons (Fsp3) is 0.571. The zero-order valence-corrected chi connectivity index (χ0v) is 11.2. The molecule has 1 fully saturated rings. The van der Waals surface area contributed by atoms with E-state index in [1.54, 1.807) is 6.07 Å². The molecule has 1 aliphatic carbocycles. The molecule has 0 aromatic carbocycles. The Balaban J connectivity index is 1.79. The number of aryl methyl sites for hydroxylation is 1. The van der Waals surface area contributed by atoms with Crippen LogP contribution in [0, 0.1) is 0 Å². The standard InChI is InChI=1S/C14H19N3O2/c1-16-5-7-17(8-6-16)14(19)12-9-10-11(15-12)3-2-4-13(10)18/h9,15H,2-8H2,1H3. The Morgan fingerprint density at radius 2 is 1.95 bits per heavy atom. The zero-order chi connectivity index (χ0) is 13.4. The number of nitrogens with zero attached hydrogens (tertiary/aromatic N) is 2. The fourth-order valence-electron chi connectivity index (χ4n) is 2.80. The summed E-state index contributed by atoms with van der Waals surface area (Å²) in [5.41, 5.74) is 2.24. The van der Waals surface area contributed by atoms with Gasteiger partial charge in [0, 0.05) is 43.9 Å². The predicted molar refractivity (Wildman–Crippen MR) is 71.5 cm³/mol. The lowest BCUT2D eigenvalue weighted by molar-refractivity contribution is 0.0658. The molecule has 1 N–H and O–H groups in total. The van der Waals surface area contributed by atoms with Gasteiger partial charge < -0.3 is 14.8 Å². The Morgan fingerprint density at radius 1 is 1.21 bits per heavy atom. The molecule has 1 saturated heterocycles. The number of nitrogens with one attached hydrogen (secondary N) is 1. The third-order valence-electron chi connectivity index (χ3n) is 4.05. The van der Waals surface area contributed by atoms with Gasteiger partial charge in [-0.2, -0.15) is 0 Å². The van der Waals surface area contributed by atoms with Gasteiger partial charge in [-0.05, 0) is 26.0 Å². The second kappa shape index (κ2) is 4.81. The lowest BCUT2D eigenvalue weighted by atomic mass is 9.97. The Kier molecular flexibility index (Phi) is 3.14. The van der Waals surface area contributed by atoms with E-state index in [-0.39, 0.29) is 11.7 Å². The molecule has 2 heterocycles. The van der Waals surface area contributed by atoms with Crippen molar-refractivity contribution < 1.29 is 9.59 Å². The van der Waals surface area contributed by atoms with E-state index in [1.807, 2.05) is 4.90 Å². The number of carbonyl (C=O) groups is 2. The molecule has 3 rings (SSSR count). The zero-order valence-electron chi connectivity index (χ0n) is 11.2. The highest BCUT2D eigenvalue weighted by molar-refractivity contribution is 6.02. The number of carbonyl (C=O) groups excluding carboxylic acids is 2. The molecule has 19 heavy (non-hydrogen) atoms. The minimum Gasteiger partial charge on any atom is -0.354 e. The monoisotopic (exact) mass is 261 g/mol. The van der Waals surface area contributed by atoms with Gasteiger partial charge >= 0.3 is 0 Å². The number of Topliss-reactive ketones (excluding diaryl/α,β-unsaturated/α-hetero) is 1. The Morgan fingerprint density at radius 3 is 2.63 bits per heavy atom. The summed E-state index contributed by atoms with van der Waals surface area (Å²) in [7, 11) is 2.06. The number of rotatable bonds is 1. The van der Waals surface area contributed by atoms with E-state index in [0.29, 0.717) is 12.1 Å². The molecule has 1 amide bonds. The molecule has 102 valence electrons. The normalized spacial score (nSPS) is 20.5. The lowest BCUT2D eigenvalue weighted by Gasteiger charge is -2.32. The highest BCUT2D eigenvalue weighted by atomic mass is 16.2. The molecule has 0 atom stereocenters. The summed E-state index contributed by atoms with van der Waals surface area (Å²) in [5, 5.41) is 0. The summed E-state index contributed by atoms with van der Waals surface area (Å²) >= 11 is 0. The Labute approximate surface area is 112 Å². The first-order valence-corrected chi connectivity index (χ1v) is 6.88. The minimum absolute atomic E-state index is 0.0234. The molecule has 5 heteroatoms. The molecule has 0 spiro atoms. The average molecular weight is 261 g/mol. The van der Waals surface area contributed by atoms with Crippen molar-refractivity contribution in [2.24, 2.45) is 0 Å². The molecule has 1 aromatic heterocycles. The smallest absolute Gasteiger partial charge is 0.270 e. The van der Waals surface area contributed by atoms with Crippen LogP contribution in [-0.4, -0.2) is 59.7 Å². The first-order valence-electron chi connectivity index (χ1n) is 6.88. The molecule has 1 aliphatic heterocycles. The van der Waals surface area contributed by atoms with E-state index >= 15 is 0 Å². The van der Waals surface area contributed by atoms with Crippen molar-refractivity contribution >= 4 is 11.7 Å². The van der Waals surface area contributed by atoms with Crippen LogP contribution >= 0.6 is 0 Å². The van der Waals surface area contributed by atoms with Gasteiger partial charge in [-0.3, -0.25) is 9.59 Å². The van der Waals surface area contributed by atoms with Crippen molar-refractivity contribution in [2.45, 2.75) is 19.3 Å². The second-order valence-electron chi connectivity index (χ2n) is 5.45. The molecular formula is C14H19N3O2. The quantitative estimate of drug-likeness (QED) is 0.818. The molecule has 0 unspecified atom stereocenters. The maximum absolute atomic E-state index is 12.4. The number of ketones is 1. The van der Waals surface area contributed by atoms with Crippen molar-refractivity contribution in [1.29, 1.82) is 0 Å². The van der Waals surface area contributed by atoms with E-state index in [2.05, 4.69) is 16.9 Å². The third kappa shape index (κ3) is 2.30. The summed E-state index contributed by atoms with van der Waals surface area (Å²) in [5.74, 6) is 0.185. The Bertz CT molecular complexity index is 513. The van der Waals surface area contributed by atoms with Crippen LogP contribution in [-0.2, 0) is 6.42 Å². The summed E-state index contributed by atoms with van der Waals surface area (Å²) < 4.78 is 0. The van der Waals surface area contributed by atoms with Crippen LogP contribution in [0.25, 0.3) is 0 Å². The predicted octanol–water partition coefficient (Wildman–Crippen LogP) is 0.921.